The highest BCUT2D eigenvalue weighted by atomic mass is 16.5. The van der Waals surface area contributed by atoms with Gasteiger partial charge in [0.25, 0.3) is 0 Å². The lowest BCUT2D eigenvalue weighted by atomic mass is 9.93. The van der Waals surface area contributed by atoms with E-state index in [2.05, 4.69) is 13.5 Å². The van der Waals surface area contributed by atoms with Crippen LogP contribution in [0.25, 0.3) is 0 Å². The molecule has 1 rings (SSSR count). The van der Waals surface area contributed by atoms with Gasteiger partial charge in [-0.1, -0.05) is 19.1 Å². The van der Waals surface area contributed by atoms with Crippen molar-refractivity contribution in [1.82, 2.24) is 0 Å². The van der Waals surface area contributed by atoms with Crippen molar-refractivity contribution < 1.29 is 9.53 Å². The lowest BCUT2D eigenvalue weighted by molar-refractivity contribution is -0.125. The zero-order valence-electron chi connectivity index (χ0n) is 7.64. The number of hydrogen-bond donors (Lipinski definition) is 0. The van der Waals surface area contributed by atoms with Crippen LogP contribution in [0, 0.1) is 0 Å². The van der Waals surface area contributed by atoms with Crippen LogP contribution < -0.4 is 0 Å². The van der Waals surface area contributed by atoms with E-state index < -0.39 is 5.60 Å². The Balaban J connectivity index is 2.55. The second kappa shape index (κ2) is 3.85. The average Bonchev–Trinajstić information content (AvgIpc) is 2.54. The third-order valence-corrected chi connectivity index (χ3v) is 2.40. The van der Waals surface area contributed by atoms with Crippen molar-refractivity contribution in [3.63, 3.8) is 0 Å². The van der Waals surface area contributed by atoms with Gasteiger partial charge >= 0.3 is 0 Å². The van der Waals surface area contributed by atoms with Gasteiger partial charge in [0.1, 0.15) is 5.60 Å². The molecular weight excluding hydrogens is 152 g/mol. The predicted octanol–water partition coefficient (Wildman–Crippen LogP) is 2.09. The Morgan fingerprint density at radius 1 is 1.75 bits per heavy atom. The minimum absolute atomic E-state index is 0.521. The van der Waals surface area contributed by atoms with E-state index in [0.29, 0.717) is 6.42 Å². The molecule has 0 N–H and O–H groups in total. The first-order chi connectivity index (χ1) is 5.72. The molecule has 0 saturated carbocycles. The maximum atomic E-state index is 10.8. The van der Waals surface area contributed by atoms with E-state index in [0.717, 1.165) is 37.7 Å². The molecule has 1 atom stereocenters. The molecule has 1 unspecified atom stereocenters. The molecular formula is C10H16O2. The Labute approximate surface area is 73.6 Å². The van der Waals surface area contributed by atoms with Gasteiger partial charge in [0, 0.05) is 13.0 Å². The van der Waals surface area contributed by atoms with Crippen LogP contribution in [0.3, 0.4) is 0 Å². The van der Waals surface area contributed by atoms with Crippen molar-refractivity contribution in [2.45, 2.75) is 38.2 Å². The summed E-state index contributed by atoms with van der Waals surface area (Å²) < 4.78 is 5.43. The number of rotatable bonds is 4. The van der Waals surface area contributed by atoms with Gasteiger partial charge in [0.2, 0.25) is 0 Å². The zero-order valence-corrected chi connectivity index (χ0v) is 7.64. The van der Waals surface area contributed by atoms with Crippen molar-refractivity contribution in [2.75, 3.05) is 6.61 Å². The first-order valence-corrected chi connectivity index (χ1v) is 4.49. The van der Waals surface area contributed by atoms with Crippen molar-refractivity contribution in [1.29, 1.82) is 0 Å². The predicted molar refractivity (Wildman–Crippen MR) is 48.0 cm³/mol. The van der Waals surface area contributed by atoms with Crippen LogP contribution in [0.2, 0.25) is 0 Å². The first kappa shape index (κ1) is 9.46. The van der Waals surface area contributed by atoms with E-state index in [1.165, 1.54) is 0 Å². The summed E-state index contributed by atoms with van der Waals surface area (Å²) in [5.41, 5.74) is 0.580. The van der Waals surface area contributed by atoms with Crippen molar-refractivity contribution >= 4 is 6.29 Å². The van der Waals surface area contributed by atoms with Gasteiger partial charge < -0.3 is 9.53 Å². The molecule has 0 radical (unpaired) electrons. The summed E-state index contributed by atoms with van der Waals surface area (Å²) in [6.45, 7) is 6.66. The van der Waals surface area contributed by atoms with Gasteiger partial charge in [-0.25, -0.2) is 0 Å². The van der Waals surface area contributed by atoms with E-state index >= 15 is 0 Å². The summed E-state index contributed by atoms with van der Waals surface area (Å²) in [7, 11) is 0. The van der Waals surface area contributed by atoms with Gasteiger partial charge in [-0.2, -0.15) is 0 Å². The highest BCUT2D eigenvalue weighted by Crippen LogP contribution is 2.30. The lowest BCUT2D eigenvalue weighted by Crippen LogP contribution is -2.29. The fraction of sp³-hybridized carbons (Fsp3) is 0.700. The number of aldehydes is 1. The summed E-state index contributed by atoms with van der Waals surface area (Å²) in [6, 6.07) is 0. The molecule has 0 aromatic heterocycles. The van der Waals surface area contributed by atoms with Gasteiger partial charge in [-0.05, 0) is 19.3 Å². The Bertz CT molecular complexity index is 178. The van der Waals surface area contributed by atoms with Crippen LogP contribution in [0.1, 0.15) is 32.6 Å². The summed E-state index contributed by atoms with van der Waals surface area (Å²) in [4.78, 5) is 10.8. The van der Waals surface area contributed by atoms with Crippen LogP contribution in [-0.4, -0.2) is 18.5 Å². The second-order valence-corrected chi connectivity index (χ2v) is 3.41. The molecule has 12 heavy (non-hydrogen) atoms. The fourth-order valence-electron chi connectivity index (χ4n) is 1.54. The van der Waals surface area contributed by atoms with Crippen LogP contribution in [0.5, 0.6) is 0 Å². The Kier molecular flexibility index (Phi) is 3.04. The largest absolute Gasteiger partial charge is 0.367 e. The van der Waals surface area contributed by atoms with Crippen LogP contribution >= 0.6 is 0 Å². The van der Waals surface area contributed by atoms with E-state index in [1.54, 1.807) is 0 Å². The van der Waals surface area contributed by atoms with Gasteiger partial charge in [0.15, 0.2) is 6.29 Å². The highest BCUT2D eigenvalue weighted by molar-refractivity contribution is 5.63. The molecule has 0 aromatic rings. The number of carbonyl (C=O) groups excluding carboxylic acids is 1. The minimum Gasteiger partial charge on any atom is -0.367 e. The van der Waals surface area contributed by atoms with Gasteiger partial charge in [-0.15, -0.1) is 0 Å². The normalized spacial score (nSPS) is 28.8. The van der Waals surface area contributed by atoms with Crippen LogP contribution in [-0.2, 0) is 9.53 Å². The number of carbonyl (C=O) groups is 1. The van der Waals surface area contributed by atoms with Crippen LogP contribution in [0.4, 0.5) is 0 Å². The molecule has 0 aliphatic carbocycles. The Morgan fingerprint density at radius 2 is 2.50 bits per heavy atom. The molecule has 0 bridgehead atoms. The maximum Gasteiger partial charge on any atom is 0.152 e. The van der Waals surface area contributed by atoms with Crippen molar-refractivity contribution in [2.24, 2.45) is 0 Å². The summed E-state index contributed by atoms with van der Waals surface area (Å²) in [5, 5.41) is 0. The molecule has 1 aliphatic rings. The van der Waals surface area contributed by atoms with E-state index in [9.17, 15) is 4.79 Å². The fourth-order valence-corrected chi connectivity index (χ4v) is 1.54. The first-order valence-electron chi connectivity index (χ1n) is 4.49. The molecule has 1 aliphatic heterocycles. The molecule has 1 fully saturated rings. The van der Waals surface area contributed by atoms with E-state index in [4.69, 9.17) is 4.74 Å². The number of ether oxygens (including phenoxy) is 1. The summed E-state index contributed by atoms with van der Waals surface area (Å²) >= 11 is 0. The van der Waals surface area contributed by atoms with Crippen molar-refractivity contribution in [3.05, 3.63) is 12.2 Å². The number of hydrogen-bond acceptors (Lipinski definition) is 2. The van der Waals surface area contributed by atoms with Crippen molar-refractivity contribution in [3.8, 4) is 0 Å². The lowest BCUT2D eigenvalue weighted by Gasteiger charge is -2.21. The minimum atomic E-state index is -0.521. The molecule has 1 saturated heterocycles. The molecule has 0 amide bonds. The molecule has 68 valence electrons. The molecule has 2 nitrogen and oxygen atoms in total. The van der Waals surface area contributed by atoms with E-state index in [1.807, 2.05) is 0 Å². The Morgan fingerprint density at radius 3 is 2.92 bits per heavy atom. The average molecular weight is 168 g/mol. The SMILES string of the molecule is C=C(CC)CC1(C=O)CCCO1. The van der Waals surface area contributed by atoms with Gasteiger partial charge in [-0.3, -0.25) is 0 Å². The zero-order chi connectivity index (χ0) is 9.03. The topological polar surface area (TPSA) is 26.3 Å². The molecule has 0 spiro atoms. The molecule has 2 heteroatoms. The molecule has 1 heterocycles. The van der Waals surface area contributed by atoms with E-state index in [-0.39, 0.29) is 0 Å². The Hall–Kier alpha value is -0.630. The monoisotopic (exact) mass is 168 g/mol. The standard InChI is InChI=1S/C10H16O2/c1-3-9(2)7-10(8-11)5-4-6-12-10/h8H,2-7H2,1H3. The van der Waals surface area contributed by atoms with Crippen LogP contribution in [0.15, 0.2) is 12.2 Å². The smallest absolute Gasteiger partial charge is 0.152 e. The quantitative estimate of drug-likeness (QED) is 0.474. The second-order valence-electron chi connectivity index (χ2n) is 3.41. The third-order valence-electron chi connectivity index (χ3n) is 2.40. The van der Waals surface area contributed by atoms with Gasteiger partial charge in [0.05, 0.1) is 0 Å². The summed E-state index contributed by atoms with van der Waals surface area (Å²) in [5.74, 6) is 0. The third kappa shape index (κ3) is 1.95. The maximum absolute atomic E-state index is 10.8. The summed E-state index contributed by atoms with van der Waals surface area (Å²) in [6.07, 6.45) is 4.43. The molecule has 0 aromatic carbocycles. The highest BCUT2D eigenvalue weighted by Gasteiger charge is 2.34.